The van der Waals surface area contributed by atoms with Crippen LogP contribution >= 0.6 is 0 Å². The molecule has 2 aromatic rings. The predicted octanol–water partition coefficient (Wildman–Crippen LogP) is 3.64. The van der Waals surface area contributed by atoms with E-state index in [9.17, 15) is 9.59 Å². The third-order valence-electron chi connectivity index (χ3n) is 4.52. The van der Waals surface area contributed by atoms with Gasteiger partial charge in [-0.2, -0.15) is 0 Å². The molecular weight excluding hydrogens is 330 g/mol. The summed E-state index contributed by atoms with van der Waals surface area (Å²) < 4.78 is 10.1. The van der Waals surface area contributed by atoms with Crippen molar-refractivity contribution in [1.29, 1.82) is 0 Å². The number of fused-ring (bicyclic) bond motifs is 3. The van der Waals surface area contributed by atoms with E-state index in [2.05, 4.69) is 40.9 Å². The highest BCUT2D eigenvalue weighted by molar-refractivity contribution is 5.82. The van der Waals surface area contributed by atoms with Gasteiger partial charge in [0.05, 0.1) is 7.11 Å². The van der Waals surface area contributed by atoms with Gasteiger partial charge in [-0.3, -0.25) is 0 Å². The zero-order valence-electron chi connectivity index (χ0n) is 14.6. The molecule has 1 atom stereocenters. The summed E-state index contributed by atoms with van der Waals surface area (Å²) in [6, 6.07) is 15.4. The van der Waals surface area contributed by atoms with E-state index in [1.165, 1.54) is 7.11 Å². The first kappa shape index (κ1) is 17.7. The number of carbonyl (C=O) groups is 2. The third-order valence-corrected chi connectivity index (χ3v) is 4.52. The molecule has 0 fully saturated rings. The third kappa shape index (κ3) is 3.47. The van der Waals surface area contributed by atoms with Crippen molar-refractivity contribution in [2.75, 3.05) is 13.7 Å². The number of benzene rings is 2. The minimum atomic E-state index is -0.798. The molecule has 5 nitrogen and oxygen atoms in total. The number of ether oxygens (including phenoxy) is 2. The summed E-state index contributed by atoms with van der Waals surface area (Å²) in [7, 11) is 1.28. The Kier molecular flexibility index (Phi) is 5.37. The lowest BCUT2D eigenvalue weighted by Gasteiger charge is -2.17. The maximum absolute atomic E-state index is 12.2. The minimum Gasteiger partial charge on any atom is -0.467 e. The molecule has 134 valence electrons. The van der Waals surface area contributed by atoms with Crippen molar-refractivity contribution >= 4 is 12.1 Å². The van der Waals surface area contributed by atoms with E-state index >= 15 is 0 Å². The highest BCUT2D eigenvalue weighted by atomic mass is 16.6. The Hall–Kier alpha value is -3.08. The van der Waals surface area contributed by atoms with Gasteiger partial charge in [-0.25, -0.2) is 9.59 Å². The Balaban J connectivity index is 1.70. The van der Waals surface area contributed by atoms with Crippen molar-refractivity contribution in [3.63, 3.8) is 0 Å². The molecule has 0 spiro atoms. The van der Waals surface area contributed by atoms with Crippen LogP contribution in [0, 0.1) is 0 Å². The number of esters is 1. The molecule has 3 rings (SSSR count). The van der Waals surface area contributed by atoms with Crippen LogP contribution in [0.5, 0.6) is 0 Å². The molecule has 1 N–H and O–H groups in total. The van der Waals surface area contributed by atoms with Gasteiger partial charge < -0.3 is 14.8 Å². The fourth-order valence-corrected chi connectivity index (χ4v) is 3.31. The molecule has 1 amide bonds. The van der Waals surface area contributed by atoms with Gasteiger partial charge in [0, 0.05) is 5.92 Å². The second-order valence-electron chi connectivity index (χ2n) is 6.07. The van der Waals surface area contributed by atoms with Gasteiger partial charge in [0.2, 0.25) is 0 Å². The first-order valence-corrected chi connectivity index (χ1v) is 8.46. The van der Waals surface area contributed by atoms with Crippen molar-refractivity contribution in [2.45, 2.75) is 18.4 Å². The second kappa shape index (κ2) is 7.87. The van der Waals surface area contributed by atoms with Crippen LogP contribution in [0.4, 0.5) is 4.79 Å². The number of nitrogens with one attached hydrogen (secondary N) is 1. The summed E-state index contributed by atoms with van der Waals surface area (Å²) in [5, 5.41) is 2.53. The zero-order valence-corrected chi connectivity index (χ0v) is 14.6. The van der Waals surface area contributed by atoms with Crippen LogP contribution in [-0.4, -0.2) is 31.8 Å². The summed E-state index contributed by atoms with van der Waals surface area (Å²) in [6.07, 6.45) is 1.17. The normalized spacial score (nSPS) is 13.3. The van der Waals surface area contributed by atoms with Gasteiger partial charge >= 0.3 is 12.1 Å². The van der Waals surface area contributed by atoms with Crippen LogP contribution < -0.4 is 5.32 Å². The van der Waals surface area contributed by atoms with E-state index in [1.807, 2.05) is 24.3 Å². The van der Waals surface area contributed by atoms with E-state index in [0.717, 1.165) is 22.3 Å². The molecule has 1 aliphatic carbocycles. The molecule has 0 aliphatic heterocycles. The maximum Gasteiger partial charge on any atom is 0.407 e. The average Bonchev–Trinajstić information content (AvgIpc) is 2.99. The van der Waals surface area contributed by atoms with Crippen LogP contribution in [0.15, 0.2) is 61.2 Å². The Morgan fingerprint density at radius 1 is 1.12 bits per heavy atom. The average molecular weight is 351 g/mol. The van der Waals surface area contributed by atoms with Crippen molar-refractivity contribution in [3.05, 3.63) is 72.3 Å². The zero-order chi connectivity index (χ0) is 18.5. The van der Waals surface area contributed by atoms with E-state index in [-0.39, 0.29) is 18.9 Å². The SMILES string of the molecule is C=CC[C@@H](NC(=O)OCC1c2ccccc2-c2ccccc21)C(=O)OC. The molecule has 0 saturated heterocycles. The molecule has 2 aromatic carbocycles. The minimum absolute atomic E-state index is 0.0240. The molecule has 5 heteroatoms. The molecule has 26 heavy (non-hydrogen) atoms. The molecule has 0 radical (unpaired) electrons. The van der Waals surface area contributed by atoms with Gasteiger partial charge in [0.25, 0.3) is 0 Å². The van der Waals surface area contributed by atoms with Gasteiger partial charge in [0.15, 0.2) is 0 Å². The van der Waals surface area contributed by atoms with E-state index < -0.39 is 18.1 Å². The number of carbonyl (C=O) groups excluding carboxylic acids is 2. The quantitative estimate of drug-likeness (QED) is 0.637. The lowest BCUT2D eigenvalue weighted by molar-refractivity contribution is -0.142. The molecular formula is C21H21NO4. The highest BCUT2D eigenvalue weighted by Crippen LogP contribution is 2.44. The summed E-state index contributed by atoms with van der Waals surface area (Å²) >= 11 is 0. The van der Waals surface area contributed by atoms with E-state index in [4.69, 9.17) is 4.74 Å². The van der Waals surface area contributed by atoms with Crippen LogP contribution in [0.3, 0.4) is 0 Å². The van der Waals surface area contributed by atoms with Crippen LogP contribution in [0.2, 0.25) is 0 Å². The first-order chi connectivity index (χ1) is 12.7. The first-order valence-electron chi connectivity index (χ1n) is 8.46. The smallest absolute Gasteiger partial charge is 0.407 e. The molecule has 0 bridgehead atoms. The molecule has 0 aromatic heterocycles. The highest BCUT2D eigenvalue weighted by Gasteiger charge is 2.29. The summed E-state index contributed by atoms with van der Waals surface area (Å²) in [6.45, 7) is 3.78. The molecule has 0 saturated carbocycles. The fraction of sp³-hybridized carbons (Fsp3) is 0.238. The lowest BCUT2D eigenvalue weighted by atomic mass is 9.98. The van der Waals surface area contributed by atoms with E-state index in [1.54, 1.807) is 6.08 Å². The van der Waals surface area contributed by atoms with Gasteiger partial charge in [-0.15, -0.1) is 6.58 Å². The number of alkyl carbamates (subject to hydrolysis) is 1. The van der Waals surface area contributed by atoms with Gasteiger partial charge in [-0.05, 0) is 28.7 Å². The largest absolute Gasteiger partial charge is 0.467 e. The number of rotatable bonds is 6. The van der Waals surface area contributed by atoms with Crippen molar-refractivity contribution in [1.82, 2.24) is 5.32 Å². The molecule has 0 unspecified atom stereocenters. The van der Waals surface area contributed by atoms with Crippen LogP contribution in [0.25, 0.3) is 11.1 Å². The van der Waals surface area contributed by atoms with Gasteiger partial charge in [0.1, 0.15) is 12.6 Å². The number of hydrogen-bond donors (Lipinski definition) is 1. The Morgan fingerprint density at radius 2 is 1.69 bits per heavy atom. The van der Waals surface area contributed by atoms with Crippen molar-refractivity contribution in [2.24, 2.45) is 0 Å². The Bertz CT molecular complexity index is 785. The topological polar surface area (TPSA) is 64.6 Å². The monoisotopic (exact) mass is 351 g/mol. The van der Waals surface area contributed by atoms with Crippen molar-refractivity contribution in [3.8, 4) is 11.1 Å². The van der Waals surface area contributed by atoms with Crippen LogP contribution in [-0.2, 0) is 14.3 Å². The van der Waals surface area contributed by atoms with Crippen molar-refractivity contribution < 1.29 is 19.1 Å². The Morgan fingerprint density at radius 3 is 2.23 bits per heavy atom. The number of amides is 1. The number of methoxy groups -OCH3 is 1. The summed E-state index contributed by atoms with van der Waals surface area (Å²) in [5.41, 5.74) is 4.60. The van der Waals surface area contributed by atoms with Gasteiger partial charge in [-0.1, -0.05) is 54.6 Å². The molecule has 1 aliphatic rings. The fourth-order valence-electron chi connectivity index (χ4n) is 3.31. The maximum atomic E-state index is 12.2. The number of hydrogen-bond acceptors (Lipinski definition) is 4. The predicted molar refractivity (Wildman–Crippen MR) is 98.8 cm³/mol. The standard InChI is InChI=1S/C21H21NO4/c1-3-8-19(20(23)25-2)22-21(24)26-13-18-16-11-6-4-9-14(16)15-10-5-7-12-17(15)18/h3-7,9-12,18-19H,1,8,13H2,2H3,(H,22,24)/t19-/m1/s1. The molecule has 0 heterocycles. The van der Waals surface area contributed by atoms with E-state index in [0.29, 0.717) is 0 Å². The second-order valence-corrected chi connectivity index (χ2v) is 6.07. The lowest BCUT2D eigenvalue weighted by Crippen LogP contribution is -2.41. The summed E-state index contributed by atoms with van der Waals surface area (Å²) in [4.78, 5) is 23.8. The summed E-state index contributed by atoms with van der Waals surface area (Å²) in [5.74, 6) is -0.553. The van der Waals surface area contributed by atoms with Crippen LogP contribution in [0.1, 0.15) is 23.5 Å². The Labute approximate surface area is 152 Å².